The van der Waals surface area contributed by atoms with Gasteiger partial charge in [-0.25, -0.2) is 9.97 Å². The van der Waals surface area contributed by atoms with E-state index < -0.39 is 5.97 Å². The second-order valence-corrected chi connectivity index (χ2v) is 3.80. The Morgan fingerprint density at radius 3 is 3.00 bits per heavy atom. The number of anilines is 1. The van der Waals surface area contributed by atoms with Crippen molar-refractivity contribution in [1.82, 2.24) is 9.97 Å². The molecule has 80 valence electrons. The molecule has 0 amide bonds. The summed E-state index contributed by atoms with van der Waals surface area (Å²) in [5.74, 6) is 1.14. The van der Waals surface area contributed by atoms with E-state index in [1.54, 1.807) is 24.2 Å². The molecule has 1 heterocycles. The Balaban J connectivity index is 2.12. The van der Waals surface area contributed by atoms with Crippen molar-refractivity contribution in [2.45, 2.75) is 18.8 Å². The Labute approximate surface area is 87.8 Å². The molecule has 0 spiro atoms. The highest BCUT2D eigenvalue weighted by molar-refractivity contribution is 5.72. The van der Waals surface area contributed by atoms with Gasteiger partial charge >= 0.3 is 5.97 Å². The molecule has 5 nitrogen and oxygen atoms in total. The van der Waals surface area contributed by atoms with Gasteiger partial charge in [0.15, 0.2) is 0 Å². The highest BCUT2D eigenvalue weighted by atomic mass is 16.4. The minimum absolute atomic E-state index is 0.0406. The third-order valence-corrected chi connectivity index (χ3v) is 2.37. The number of carboxylic acid groups (broad SMARTS) is 1. The Morgan fingerprint density at radius 1 is 1.67 bits per heavy atom. The maximum absolute atomic E-state index is 10.5. The van der Waals surface area contributed by atoms with E-state index in [4.69, 9.17) is 5.11 Å². The van der Waals surface area contributed by atoms with E-state index in [2.05, 4.69) is 9.97 Å². The number of nitrogens with zero attached hydrogens (tertiary/aromatic N) is 3. The van der Waals surface area contributed by atoms with Crippen LogP contribution in [0.4, 0.5) is 5.82 Å². The van der Waals surface area contributed by atoms with Gasteiger partial charge in [0.25, 0.3) is 0 Å². The van der Waals surface area contributed by atoms with Gasteiger partial charge in [-0.15, -0.1) is 0 Å². The van der Waals surface area contributed by atoms with Crippen LogP contribution in [-0.2, 0) is 4.79 Å². The van der Waals surface area contributed by atoms with Crippen molar-refractivity contribution < 1.29 is 9.90 Å². The molecule has 1 aromatic heterocycles. The molecule has 1 saturated carbocycles. The molecule has 1 aliphatic rings. The lowest BCUT2D eigenvalue weighted by atomic mass is 10.4. The van der Waals surface area contributed by atoms with Crippen LogP contribution in [0.25, 0.3) is 0 Å². The lowest BCUT2D eigenvalue weighted by Crippen LogP contribution is -2.26. The van der Waals surface area contributed by atoms with Crippen LogP contribution >= 0.6 is 0 Å². The Morgan fingerprint density at radius 2 is 2.40 bits per heavy atom. The van der Waals surface area contributed by atoms with Gasteiger partial charge in [-0.2, -0.15) is 0 Å². The molecule has 1 fully saturated rings. The van der Waals surface area contributed by atoms with Gasteiger partial charge in [0.1, 0.15) is 18.2 Å². The molecular weight excluding hydrogens is 194 g/mol. The van der Waals surface area contributed by atoms with Gasteiger partial charge in [0, 0.05) is 19.2 Å². The predicted octanol–water partition coefficient (Wildman–Crippen LogP) is 0.875. The van der Waals surface area contributed by atoms with E-state index in [9.17, 15) is 4.79 Å². The van der Waals surface area contributed by atoms with Crippen molar-refractivity contribution in [3.63, 3.8) is 0 Å². The molecule has 1 N–H and O–H groups in total. The van der Waals surface area contributed by atoms with Gasteiger partial charge in [0.05, 0.1) is 0 Å². The maximum atomic E-state index is 10.5. The first-order valence-electron chi connectivity index (χ1n) is 4.92. The summed E-state index contributed by atoms with van der Waals surface area (Å²) in [5, 5.41) is 8.65. The number of hydrogen-bond acceptors (Lipinski definition) is 4. The first-order chi connectivity index (χ1) is 7.16. The smallest absolute Gasteiger partial charge is 0.323 e. The third kappa shape index (κ3) is 2.43. The summed E-state index contributed by atoms with van der Waals surface area (Å²) in [6.45, 7) is -0.0406. The minimum atomic E-state index is -0.857. The molecule has 0 bridgehead atoms. The predicted molar refractivity (Wildman–Crippen MR) is 54.9 cm³/mol. The lowest BCUT2D eigenvalue weighted by molar-refractivity contribution is -0.135. The molecule has 0 aromatic carbocycles. The molecule has 15 heavy (non-hydrogen) atoms. The monoisotopic (exact) mass is 207 g/mol. The van der Waals surface area contributed by atoms with Crippen molar-refractivity contribution in [3.05, 3.63) is 18.1 Å². The van der Waals surface area contributed by atoms with Crippen molar-refractivity contribution in [2.24, 2.45) is 0 Å². The molecule has 5 heteroatoms. The molecule has 2 rings (SSSR count). The van der Waals surface area contributed by atoms with Gasteiger partial charge in [-0.3, -0.25) is 4.79 Å². The van der Waals surface area contributed by atoms with Crippen LogP contribution in [-0.4, -0.2) is 34.6 Å². The highest BCUT2D eigenvalue weighted by Crippen LogP contribution is 2.38. The molecule has 1 aliphatic carbocycles. The number of likely N-dealkylation sites (N-methyl/N-ethyl adjacent to an activating group) is 1. The van der Waals surface area contributed by atoms with Crippen LogP contribution < -0.4 is 4.90 Å². The first-order valence-corrected chi connectivity index (χ1v) is 4.92. The summed E-state index contributed by atoms with van der Waals surface area (Å²) in [4.78, 5) is 20.7. The van der Waals surface area contributed by atoms with Crippen LogP contribution in [0.1, 0.15) is 24.6 Å². The van der Waals surface area contributed by atoms with Crippen LogP contribution in [0.15, 0.2) is 12.3 Å². The summed E-state index contributed by atoms with van der Waals surface area (Å²) in [7, 11) is 1.72. The van der Waals surface area contributed by atoms with Crippen molar-refractivity contribution in [3.8, 4) is 0 Å². The van der Waals surface area contributed by atoms with E-state index in [-0.39, 0.29) is 6.54 Å². The van der Waals surface area contributed by atoms with E-state index in [1.807, 2.05) is 0 Å². The first kappa shape index (κ1) is 9.89. The molecule has 0 saturated heterocycles. The Kier molecular flexibility index (Phi) is 2.53. The normalized spacial score (nSPS) is 15.0. The molecule has 0 radical (unpaired) electrons. The van der Waals surface area contributed by atoms with E-state index in [0.29, 0.717) is 11.7 Å². The number of carbonyl (C=O) groups is 1. The maximum Gasteiger partial charge on any atom is 0.323 e. The largest absolute Gasteiger partial charge is 0.480 e. The fourth-order valence-electron chi connectivity index (χ4n) is 1.40. The van der Waals surface area contributed by atoms with Gasteiger partial charge in [-0.05, 0) is 18.9 Å². The SMILES string of the molecule is CN(CC(=O)O)c1ccnc(C2CC2)n1. The van der Waals surface area contributed by atoms with E-state index in [0.717, 1.165) is 18.7 Å². The number of carboxylic acids is 1. The second-order valence-electron chi connectivity index (χ2n) is 3.80. The average molecular weight is 207 g/mol. The van der Waals surface area contributed by atoms with E-state index >= 15 is 0 Å². The third-order valence-electron chi connectivity index (χ3n) is 2.37. The fraction of sp³-hybridized carbons (Fsp3) is 0.500. The standard InChI is InChI=1S/C10H13N3O2/c1-13(6-9(14)15)8-4-5-11-10(12-8)7-2-3-7/h4-5,7H,2-3,6H2,1H3,(H,14,15). The van der Waals surface area contributed by atoms with Gasteiger partial charge in [-0.1, -0.05) is 0 Å². The highest BCUT2D eigenvalue weighted by Gasteiger charge is 2.26. The van der Waals surface area contributed by atoms with Crippen LogP contribution in [0.3, 0.4) is 0 Å². The number of aromatic nitrogens is 2. The summed E-state index contributed by atoms with van der Waals surface area (Å²) in [5.41, 5.74) is 0. The number of rotatable bonds is 4. The van der Waals surface area contributed by atoms with Crippen molar-refractivity contribution in [2.75, 3.05) is 18.5 Å². The Hall–Kier alpha value is -1.65. The quantitative estimate of drug-likeness (QED) is 0.793. The average Bonchev–Trinajstić information content (AvgIpc) is 3.00. The topological polar surface area (TPSA) is 66.3 Å². The molecule has 0 unspecified atom stereocenters. The zero-order chi connectivity index (χ0) is 10.8. The number of hydrogen-bond donors (Lipinski definition) is 1. The van der Waals surface area contributed by atoms with Gasteiger partial charge < -0.3 is 10.0 Å². The fourth-order valence-corrected chi connectivity index (χ4v) is 1.40. The molecular formula is C10H13N3O2. The molecule has 1 aromatic rings. The van der Waals surface area contributed by atoms with E-state index in [1.165, 1.54) is 0 Å². The second kappa shape index (κ2) is 3.84. The van der Waals surface area contributed by atoms with Crippen LogP contribution in [0.2, 0.25) is 0 Å². The van der Waals surface area contributed by atoms with Crippen molar-refractivity contribution >= 4 is 11.8 Å². The zero-order valence-electron chi connectivity index (χ0n) is 8.55. The zero-order valence-corrected chi connectivity index (χ0v) is 8.55. The summed E-state index contributed by atoms with van der Waals surface area (Å²) in [6.07, 6.45) is 3.98. The molecule has 0 aliphatic heterocycles. The molecule has 0 atom stereocenters. The summed E-state index contributed by atoms with van der Waals surface area (Å²) in [6, 6.07) is 1.73. The van der Waals surface area contributed by atoms with Crippen LogP contribution in [0.5, 0.6) is 0 Å². The summed E-state index contributed by atoms with van der Waals surface area (Å²) < 4.78 is 0. The van der Waals surface area contributed by atoms with Crippen molar-refractivity contribution in [1.29, 1.82) is 0 Å². The summed E-state index contributed by atoms with van der Waals surface area (Å²) >= 11 is 0. The van der Waals surface area contributed by atoms with Crippen LogP contribution in [0, 0.1) is 0 Å². The number of aliphatic carboxylic acids is 1. The van der Waals surface area contributed by atoms with Gasteiger partial charge in [0.2, 0.25) is 0 Å². The lowest BCUT2D eigenvalue weighted by Gasteiger charge is -2.15. The Bertz CT molecular complexity index is 377. The minimum Gasteiger partial charge on any atom is -0.480 e.